The number of hydrogen-bond donors (Lipinski definition) is 1. The Labute approximate surface area is 190 Å². The number of hydrogen-bond acceptors (Lipinski definition) is 5. The van der Waals surface area contributed by atoms with Crippen LogP contribution in [0, 0.1) is 11.7 Å². The Bertz CT molecular complexity index is 1430. The van der Waals surface area contributed by atoms with Crippen molar-refractivity contribution in [3.8, 4) is 0 Å². The summed E-state index contributed by atoms with van der Waals surface area (Å²) >= 11 is 0. The Morgan fingerprint density at radius 3 is 2.55 bits per heavy atom. The minimum Gasteiger partial charge on any atom is -0.398 e. The maximum absolute atomic E-state index is 13.2. The number of rotatable bonds is 0. The molecule has 0 saturated heterocycles. The van der Waals surface area contributed by atoms with Gasteiger partial charge in [-0.3, -0.25) is 9.59 Å². The van der Waals surface area contributed by atoms with E-state index in [1.807, 2.05) is 24.3 Å². The number of nitrogens with zero attached hydrogens (tertiary/aromatic N) is 2. The third-order valence-electron chi connectivity index (χ3n) is 6.36. The lowest BCUT2D eigenvalue weighted by molar-refractivity contribution is 0.0945. The summed E-state index contributed by atoms with van der Waals surface area (Å²) in [6, 6.07) is 14.3. The van der Waals surface area contributed by atoms with Crippen LogP contribution in [0.3, 0.4) is 0 Å². The van der Waals surface area contributed by atoms with Crippen LogP contribution in [0.4, 0.5) is 10.1 Å². The molecule has 1 unspecified atom stereocenters. The molecule has 2 heterocycles. The summed E-state index contributed by atoms with van der Waals surface area (Å²) in [5.41, 5.74) is 11.1. The fourth-order valence-corrected chi connectivity index (χ4v) is 4.74. The predicted octanol–water partition coefficient (Wildman–Crippen LogP) is 5.47. The maximum Gasteiger partial charge on any atom is 0.181 e. The van der Waals surface area contributed by atoms with Crippen molar-refractivity contribution < 1.29 is 14.0 Å². The van der Waals surface area contributed by atoms with Gasteiger partial charge < -0.3 is 5.73 Å². The van der Waals surface area contributed by atoms with Crippen LogP contribution in [0.2, 0.25) is 0 Å². The molecule has 0 fully saturated rings. The number of nitrogen functional groups attached to an aromatic ring is 1. The van der Waals surface area contributed by atoms with E-state index in [0.29, 0.717) is 46.7 Å². The highest BCUT2D eigenvalue weighted by molar-refractivity contribution is 6.03. The van der Waals surface area contributed by atoms with E-state index >= 15 is 0 Å². The van der Waals surface area contributed by atoms with Gasteiger partial charge >= 0.3 is 0 Å². The Kier molecular flexibility index (Phi) is 5.36. The molecule has 2 aromatic heterocycles. The number of benzene rings is 2. The number of anilines is 1. The monoisotopic (exact) mass is 441 g/mol. The summed E-state index contributed by atoms with van der Waals surface area (Å²) in [6.07, 6.45) is 3.66. The second-order valence-corrected chi connectivity index (χ2v) is 8.92. The first kappa shape index (κ1) is 21.2. The molecule has 0 bridgehead atoms. The quantitative estimate of drug-likeness (QED) is 0.391. The Morgan fingerprint density at radius 2 is 1.70 bits per heavy atom. The molecule has 1 atom stereocenters. The van der Waals surface area contributed by atoms with Crippen molar-refractivity contribution in [3.05, 3.63) is 76.9 Å². The molecule has 0 aliphatic heterocycles. The van der Waals surface area contributed by atoms with Crippen LogP contribution in [-0.2, 0) is 12.8 Å². The van der Waals surface area contributed by atoms with E-state index in [2.05, 4.69) is 23.0 Å². The molecule has 2 aromatic carbocycles. The average Bonchev–Trinajstić information content (AvgIpc) is 2.80. The van der Waals surface area contributed by atoms with E-state index in [-0.39, 0.29) is 17.4 Å². The van der Waals surface area contributed by atoms with E-state index in [9.17, 15) is 14.0 Å². The second-order valence-electron chi connectivity index (χ2n) is 8.92. The lowest BCUT2D eigenvalue weighted by Gasteiger charge is -2.19. The van der Waals surface area contributed by atoms with Crippen LogP contribution in [0.1, 0.15) is 58.3 Å². The molecule has 2 N–H and O–H groups in total. The fraction of sp³-hybridized carbons (Fsp3) is 0.259. The molecule has 0 amide bonds. The number of carbonyl (C=O) groups is 2. The van der Waals surface area contributed by atoms with E-state index in [0.717, 1.165) is 41.3 Å². The third kappa shape index (κ3) is 3.97. The molecule has 0 spiro atoms. The van der Waals surface area contributed by atoms with Gasteiger partial charge in [0.05, 0.1) is 11.0 Å². The van der Waals surface area contributed by atoms with Crippen LogP contribution in [-0.4, -0.2) is 21.5 Å². The average molecular weight is 442 g/mol. The van der Waals surface area contributed by atoms with Gasteiger partial charge in [0.2, 0.25) is 0 Å². The summed E-state index contributed by atoms with van der Waals surface area (Å²) in [4.78, 5) is 32.4. The molecule has 6 rings (SSSR count). The molecule has 5 nitrogen and oxygen atoms in total. The van der Waals surface area contributed by atoms with Crippen LogP contribution in [0.15, 0.2) is 48.5 Å². The first-order chi connectivity index (χ1) is 15.9. The number of nitrogens with two attached hydrogens (primary N) is 1. The SMILES string of the molecule is CC1CC(=O)c2nc3ccccc3cc2C1.Nc1c2c(nc3ccc(F)cc13)C(=O)CCC2. The predicted molar refractivity (Wildman–Crippen MR) is 127 cm³/mol. The summed E-state index contributed by atoms with van der Waals surface area (Å²) < 4.78 is 13.2. The van der Waals surface area contributed by atoms with E-state index in [1.54, 1.807) is 6.07 Å². The van der Waals surface area contributed by atoms with Gasteiger partial charge in [0, 0.05) is 34.9 Å². The first-order valence-electron chi connectivity index (χ1n) is 11.2. The molecule has 166 valence electrons. The molecule has 2 aliphatic carbocycles. The standard InChI is InChI=1S/C14H13NO.C13H11FN2O/c1-9-6-11-8-10-4-2-3-5-12(10)15-14(11)13(16)7-9;14-7-4-5-10-9(6-7)12(15)8-2-1-3-11(17)13(8)16-10/h2-5,8-9H,6-7H2,1H3;4-6H,1-3H2,(H2,15,16). The zero-order chi connectivity index (χ0) is 23.1. The van der Waals surface area contributed by atoms with E-state index < -0.39 is 0 Å². The van der Waals surface area contributed by atoms with Gasteiger partial charge in [-0.15, -0.1) is 0 Å². The van der Waals surface area contributed by atoms with Crippen LogP contribution >= 0.6 is 0 Å². The molecule has 4 aromatic rings. The molecule has 0 saturated carbocycles. The first-order valence-corrected chi connectivity index (χ1v) is 11.2. The zero-order valence-electron chi connectivity index (χ0n) is 18.4. The molecule has 33 heavy (non-hydrogen) atoms. The summed E-state index contributed by atoms with van der Waals surface area (Å²) in [7, 11) is 0. The summed E-state index contributed by atoms with van der Waals surface area (Å²) in [6.45, 7) is 2.12. The van der Waals surface area contributed by atoms with Crippen molar-refractivity contribution in [2.45, 2.75) is 39.0 Å². The molecule has 0 radical (unpaired) electrons. The normalized spacial score (nSPS) is 17.3. The number of Topliss-reactive ketones (excluding diaryl/α,β-unsaturated/α-hetero) is 2. The number of fused-ring (bicyclic) bond motifs is 4. The number of ketones is 2. The topological polar surface area (TPSA) is 85.9 Å². The van der Waals surface area contributed by atoms with Gasteiger partial charge in [-0.05, 0) is 61.1 Å². The van der Waals surface area contributed by atoms with Crippen LogP contribution < -0.4 is 5.73 Å². The lowest BCUT2D eigenvalue weighted by atomic mass is 9.86. The Morgan fingerprint density at radius 1 is 0.909 bits per heavy atom. The fourth-order valence-electron chi connectivity index (χ4n) is 4.74. The number of halogens is 1. The van der Waals surface area contributed by atoms with Crippen LogP contribution in [0.5, 0.6) is 0 Å². The van der Waals surface area contributed by atoms with Gasteiger partial charge in [0.1, 0.15) is 17.2 Å². The van der Waals surface area contributed by atoms with Crippen molar-refractivity contribution in [3.63, 3.8) is 0 Å². The number of carbonyl (C=O) groups excluding carboxylic acids is 2. The van der Waals surface area contributed by atoms with Gasteiger partial charge in [-0.2, -0.15) is 0 Å². The summed E-state index contributed by atoms with van der Waals surface area (Å²) in [5.74, 6) is 0.333. The third-order valence-corrected chi connectivity index (χ3v) is 6.36. The van der Waals surface area contributed by atoms with Crippen molar-refractivity contribution in [1.82, 2.24) is 9.97 Å². The van der Waals surface area contributed by atoms with Crippen LogP contribution in [0.25, 0.3) is 21.8 Å². The van der Waals surface area contributed by atoms with Gasteiger partial charge in [0.25, 0.3) is 0 Å². The summed E-state index contributed by atoms with van der Waals surface area (Å²) in [5, 5.41) is 1.72. The Hall–Kier alpha value is -3.67. The maximum atomic E-state index is 13.2. The molecular formula is C27H24FN3O2. The van der Waals surface area contributed by atoms with Gasteiger partial charge in [0.15, 0.2) is 11.6 Å². The highest BCUT2D eigenvalue weighted by atomic mass is 19.1. The van der Waals surface area contributed by atoms with Crippen molar-refractivity contribution in [1.29, 1.82) is 0 Å². The van der Waals surface area contributed by atoms with Crippen molar-refractivity contribution in [2.75, 3.05) is 5.73 Å². The molecule has 6 heteroatoms. The zero-order valence-corrected chi connectivity index (χ0v) is 18.4. The van der Waals surface area contributed by atoms with Crippen molar-refractivity contribution in [2.24, 2.45) is 5.92 Å². The van der Waals surface area contributed by atoms with Crippen molar-refractivity contribution >= 4 is 39.1 Å². The largest absolute Gasteiger partial charge is 0.398 e. The second kappa shape index (κ2) is 8.35. The molecule has 2 aliphatic rings. The minimum atomic E-state index is -0.340. The smallest absolute Gasteiger partial charge is 0.181 e. The minimum absolute atomic E-state index is 0.0316. The Balaban J connectivity index is 0.000000139. The highest BCUT2D eigenvalue weighted by Gasteiger charge is 2.24. The number of aromatic nitrogens is 2. The lowest BCUT2D eigenvalue weighted by Crippen LogP contribution is -2.19. The van der Waals surface area contributed by atoms with Gasteiger partial charge in [-0.25, -0.2) is 14.4 Å². The van der Waals surface area contributed by atoms with E-state index in [1.165, 1.54) is 12.1 Å². The van der Waals surface area contributed by atoms with Gasteiger partial charge in [-0.1, -0.05) is 25.1 Å². The molecular weight excluding hydrogens is 417 g/mol. The van der Waals surface area contributed by atoms with E-state index in [4.69, 9.17) is 5.73 Å². The number of para-hydroxylation sites is 1. The highest BCUT2D eigenvalue weighted by Crippen LogP contribution is 2.31. The number of pyridine rings is 2.